The molecule has 0 saturated carbocycles. The van der Waals surface area contributed by atoms with Gasteiger partial charge in [0.05, 0.1) is 19.2 Å². The highest BCUT2D eigenvalue weighted by Gasteiger charge is 2.10. The summed E-state index contributed by atoms with van der Waals surface area (Å²) in [6.07, 6.45) is 3.31. The van der Waals surface area contributed by atoms with Gasteiger partial charge in [-0.05, 0) is 12.8 Å². The molecule has 0 unspecified atom stereocenters. The number of rotatable bonds is 8. The molecule has 0 aromatic carbocycles. The van der Waals surface area contributed by atoms with Crippen molar-refractivity contribution in [3.63, 3.8) is 0 Å². The third kappa shape index (κ3) is 4.64. The van der Waals surface area contributed by atoms with Crippen molar-refractivity contribution in [2.45, 2.75) is 39.5 Å². The average Bonchev–Trinajstić information content (AvgIpc) is 2.84. The number of aromatic nitrogens is 1. The lowest BCUT2D eigenvalue weighted by Gasteiger charge is -2.19. The van der Waals surface area contributed by atoms with Gasteiger partial charge in [-0.15, -0.1) is 11.3 Å². The van der Waals surface area contributed by atoms with Crippen molar-refractivity contribution in [2.24, 2.45) is 0 Å². The molecule has 0 fully saturated rings. The van der Waals surface area contributed by atoms with Crippen LogP contribution in [0.25, 0.3) is 0 Å². The number of anilines is 1. The highest BCUT2D eigenvalue weighted by Crippen LogP contribution is 2.21. The monoisotopic (exact) mass is 270 g/mol. The van der Waals surface area contributed by atoms with E-state index in [4.69, 9.17) is 0 Å². The van der Waals surface area contributed by atoms with Crippen LogP contribution in [-0.2, 0) is 16.0 Å². The van der Waals surface area contributed by atoms with E-state index in [9.17, 15) is 4.79 Å². The first-order chi connectivity index (χ1) is 8.71. The number of thiazole rings is 1. The van der Waals surface area contributed by atoms with E-state index in [1.54, 1.807) is 11.3 Å². The normalized spacial score (nSPS) is 10.4. The van der Waals surface area contributed by atoms with Crippen LogP contribution in [0.1, 0.15) is 38.8 Å². The number of hydrogen-bond donors (Lipinski definition) is 0. The van der Waals surface area contributed by atoms with Crippen molar-refractivity contribution in [3.8, 4) is 0 Å². The molecule has 0 radical (unpaired) electrons. The van der Waals surface area contributed by atoms with Crippen LogP contribution < -0.4 is 4.90 Å². The fourth-order valence-corrected chi connectivity index (χ4v) is 2.65. The first-order valence-corrected chi connectivity index (χ1v) is 7.35. The van der Waals surface area contributed by atoms with E-state index in [1.165, 1.54) is 7.11 Å². The summed E-state index contributed by atoms with van der Waals surface area (Å²) in [4.78, 5) is 18.0. The van der Waals surface area contributed by atoms with E-state index in [0.29, 0.717) is 12.8 Å². The van der Waals surface area contributed by atoms with Crippen LogP contribution in [0.5, 0.6) is 0 Å². The smallest absolute Gasteiger partial charge is 0.305 e. The number of methoxy groups -OCH3 is 1. The molecule has 0 spiro atoms. The predicted molar refractivity (Wildman–Crippen MR) is 75.2 cm³/mol. The van der Waals surface area contributed by atoms with Crippen LogP contribution in [-0.4, -0.2) is 31.2 Å². The molecule has 18 heavy (non-hydrogen) atoms. The van der Waals surface area contributed by atoms with Crippen LogP contribution in [0.15, 0.2) is 5.38 Å². The minimum Gasteiger partial charge on any atom is -0.469 e. The van der Waals surface area contributed by atoms with Gasteiger partial charge in [-0.25, -0.2) is 4.98 Å². The Labute approximate surface area is 113 Å². The minimum absolute atomic E-state index is 0.177. The van der Waals surface area contributed by atoms with Gasteiger partial charge in [-0.3, -0.25) is 4.79 Å². The van der Waals surface area contributed by atoms with Crippen molar-refractivity contribution in [2.75, 3.05) is 25.1 Å². The topological polar surface area (TPSA) is 42.4 Å². The molecule has 102 valence electrons. The maximum absolute atomic E-state index is 11.1. The summed E-state index contributed by atoms with van der Waals surface area (Å²) in [5.41, 5.74) is 0.984. The van der Waals surface area contributed by atoms with Gasteiger partial charge in [0.2, 0.25) is 0 Å². The SMILES string of the molecule is CCCN(CCC)c1nc(CCC(=O)OC)cs1. The predicted octanol–water partition coefficient (Wildman–Crippen LogP) is 2.88. The first kappa shape index (κ1) is 15.0. The number of carbonyl (C=O) groups is 1. The Morgan fingerprint density at radius 2 is 2.06 bits per heavy atom. The average molecular weight is 270 g/mol. The minimum atomic E-state index is -0.177. The molecular weight excluding hydrogens is 248 g/mol. The molecule has 5 heteroatoms. The lowest BCUT2D eigenvalue weighted by Crippen LogP contribution is -2.24. The highest BCUT2D eigenvalue weighted by atomic mass is 32.1. The number of ether oxygens (including phenoxy) is 1. The lowest BCUT2D eigenvalue weighted by molar-refractivity contribution is -0.140. The Morgan fingerprint density at radius 1 is 1.39 bits per heavy atom. The van der Waals surface area contributed by atoms with Gasteiger partial charge in [-0.2, -0.15) is 0 Å². The molecule has 1 aromatic rings. The third-order valence-electron chi connectivity index (χ3n) is 2.61. The van der Waals surface area contributed by atoms with Gasteiger partial charge < -0.3 is 9.64 Å². The molecule has 1 aromatic heterocycles. The Bertz CT molecular complexity index is 360. The van der Waals surface area contributed by atoms with Gasteiger partial charge in [0.1, 0.15) is 0 Å². The second kappa shape index (κ2) is 8.08. The molecule has 0 amide bonds. The summed E-state index contributed by atoms with van der Waals surface area (Å²) >= 11 is 1.66. The largest absolute Gasteiger partial charge is 0.469 e. The zero-order valence-electron chi connectivity index (χ0n) is 11.4. The number of aryl methyl sites for hydroxylation is 1. The van der Waals surface area contributed by atoms with Gasteiger partial charge >= 0.3 is 5.97 Å². The highest BCUT2D eigenvalue weighted by molar-refractivity contribution is 7.13. The van der Waals surface area contributed by atoms with Gasteiger partial charge in [0.25, 0.3) is 0 Å². The number of carbonyl (C=O) groups excluding carboxylic acids is 1. The summed E-state index contributed by atoms with van der Waals surface area (Å²) in [6.45, 7) is 6.43. The summed E-state index contributed by atoms with van der Waals surface area (Å²) in [5, 5.41) is 3.11. The molecule has 1 rings (SSSR count). The molecule has 0 atom stereocenters. The van der Waals surface area contributed by atoms with Crippen LogP contribution in [0, 0.1) is 0 Å². The molecule has 1 heterocycles. The quantitative estimate of drug-likeness (QED) is 0.681. The van der Waals surface area contributed by atoms with Crippen molar-refractivity contribution >= 4 is 22.4 Å². The number of nitrogens with zero attached hydrogens (tertiary/aromatic N) is 2. The van der Waals surface area contributed by atoms with Crippen LogP contribution >= 0.6 is 11.3 Å². The van der Waals surface area contributed by atoms with Gasteiger partial charge in [0, 0.05) is 24.9 Å². The number of esters is 1. The second-order valence-corrected chi connectivity index (χ2v) is 5.02. The fraction of sp³-hybridized carbons (Fsp3) is 0.692. The fourth-order valence-electron chi connectivity index (χ4n) is 1.73. The van der Waals surface area contributed by atoms with E-state index < -0.39 is 0 Å². The van der Waals surface area contributed by atoms with Crippen molar-refractivity contribution in [1.29, 1.82) is 0 Å². The van der Waals surface area contributed by atoms with Crippen LogP contribution in [0.2, 0.25) is 0 Å². The Balaban J connectivity index is 2.57. The summed E-state index contributed by atoms with van der Waals surface area (Å²) in [7, 11) is 1.42. The van der Waals surface area contributed by atoms with Crippen LogP contribution in [0.4, 0.5) is 5.13 Å². The third-order valence-corrected chi connectivity index (χ3v) is 3.56. The molecule has 0 saturated heterocycles. The Kier molecular flexibility index (Phi) is 6.72. The Morgan fingerprint density at radius 3 is 2.61 bits per heavy atom. The molecule has 0 aliphatic rings. The molecule has 0 N–H and O–H groups in total. The zero-order valence-corrected chi connectivity index (χ0v) is 12.3. The number of hydrogen-bond acceptors (Lipinski definition) is 5. The van der Waals surface area contributed by atoms with Gasteiger partial charge in [0.15, 0.2) is 5.13 Å². The van der Waals surface area contributed by atoms with E-state index in [0.717, 1.165) is 36.8 Å². The summed E-state index contributed by atoms with van der Waals surface area (Å²) < 4.78 is 4.63. The molecule has 0 aliphatic carbocycles. The Hall–Kier alpha value is -1.10. The van der Waals surface area contributed by atoms with E-state index in [1.807, 2.05) is 5.38 Å². The lowest BCUT2D eigenvalue weighted by atomic mass is 10.2. The standard InChI is InChI=1S/C13H22N2O2S/c1-4-8-15(9-5-2)13-14-11(10-18-13)6-7-12(16)17-3/h10H,4-9H2,1-3H3. The molecule has 0 aliphatic heterocycles. The van der Waals surface area contributed by atoms with Crippen molar-refractivity contribution in [1.82, 2.24) is 4.98 Å². The zero-order chi connectivity index (χ0) is 13.4. The van der Waals surface area contributed by atoms with E-state index >= 15 is 0 Å². The molecule has 4 nitrogen and oxygen atoms in total. The van der Waals surface area contributed by atoms with Crippen LogP contribution in [0.3, 0.4) is 0 Å². The van der Waals surface area contributed by atoms with Gasteiger partial charge in [-0.1, -0.05) is 13.8 Å². The van der Waals surface area contributed by atoms with E-state index in [-0.39, 0.29) is 5.97 Å². The summed E-state index contributed by atoms with van der Waals surface area (Å²) in [5.74, 6) is -0.177. The maximum Gasteiger partial charge on any atom is 0.305 e. The molecule has 0 bridgehead atoms. The first-order valence-electron chi connectivity index (χ1n) is 6.47. The molecular formula is C13H22N2O2S. The van der Waals surface area contributed by atoms with Crippen molar-refractivity contribution in [3.05, 3.63) is 11.1 Å². The van der Waals surface area contributed by atoms with E-state index in [2.05, 4.69) is 28.5 Å². The van der Waals surface area contributed by atoms with Crippen molar-refractivity contribution < 1.29 is 9.53 Å². The maximum atomic E-state index is 11.1. The summed E-state index contributed by atoms with van der Waals surface area (Å²) in [6, 6.07) is 0. The second-order valence-electron chi connectivity index (χ2n) is 4.18.